The predicted molar refractivity (Wildman–Crippen MR) is 74.4 cm³/mol. The van der Waals surface area contributed by atoms with Gasteiger partial charge in [-0.1, -0.05) is 12.1 Å². The second kappa shape index (κ2) is 5.55. The van der Waals surface area contributed by atoms with Crippen LogP contribution >= 0.6 is 11.3 Å². The predicted octanol–water partition coefficient (Wildman–Crippen LogP) is 3.94. The van der Waals surface area contributed by atoms with Crippen LogP contribution in [0.3, 0.4) is 0 Å². The number of benzene rings is 1. The summed E-state index contributed by atoms with van der Waals surface area (Å²) >= 11 is 1.53. The first-order valence-corrected chi connectivity index (χ1v) is 6.85. The Balaban J connectivity index is 2.42. The lowest BCUT2D eigenvalue weighted by Crippen LogP contribution is -2.28. The summed E-state index contributed by atoms with van der Waals surface area (Å²) in [7, 11) is 0. The molecule has 108 valence electrons. The molecule has 0 aliphatic heterocycles. The van der Waals surface area contributed by atoms with Crippen molar-refractivity contribution in [1.82, 2.24) is 5.43 Å². The van der Waals surface area contributed by atoms with Crippen molar-refractivity contribution < 1.29 is 13.2 Å². The van der Waals surface area contributed by atoms with Crippen LogP contribution in [0, 0.1) is 13.8 Å². The summed E-state index contributed by atoms with van der Waals surface area (Å²) in [5, 5.41) is 0. The van der Waals surface area contributed by atoms with E-state index in [-0.39, 0.29) is 0 Å². The second-order valence-corrected chi connectivity index (χ2v) is 5.90. The molecule has 2 aromatic rings. The molecule has 1 unspecified atom stereocenters. The lowest BCUT2D eigenvalue weighted by atomic mass is 10.0. The molecule has 0 radical (unpaired) electrons. The van der Waals surface area contributed by atoms with Crippen LogP contribution in [0.1, 0.15) is 32.5 Å². The topological polar surface area (TPSA) is 38.0 Å². The standard InChI is InChI=1S/C14H15F3N2S/c1-8-6-12(20-9(8)2)13(19-18)10-4-3-5-11(7-10)14(15,16)17/h3-7,13,19H,18H2,1-2H3. The molecular weight excluding hydrogens is 285 g/mol. The maximum absolute atomic E-state index is 12.8. The van der Waals surface area contributed by atoms with Gasteiger partial charge in [-0.3, -0.25) is 5.84 Å². The van der Waals surface area contributed by atoms with Gasteiger partial charge >= 0.3 is 6.18 Å². The Morgan fingerprint density at radius 3 is 2.40 bits per heavy atom. The molecule has 1 aromatic carbocycles. The fourth-order valence-corrected chi connectivity index (χ4v) is 3.11. The summed E-state index contributed by atoms with van der Waals surface area (Å²) in [5.74, 6) is 5.53. The number of nitrogens with two attached hydrogens (primary N) is 1. The largest absolute Gasteiger partial charge is 0.416 e. The molecule has 1 aromatic heterocycles. The first kappa shape index (κ1) is 15.0. The van der Waals surface area contributed by atoms with Gasteiger partial charge in [-0.05, 0) is 43.2 Å². The molecule has 3 N–H and O–H groups in total. The third kappa shape index (κ3) is 3.03. The minimum atomic E-state index is -4.35. The molecule has 20 heavy (non-hydrogen) atoms. The van der Waals surface area contributed by atoms with Gasteiger partial charge in [0.1, 0.15) is 0 Å². The van der Waals surface area contributed by atoms with Crippen molar-refractivity contribution in [3.63, 3.8) is 0 Å². The Kier molecular flexibility index (Phi) is 4.17. The third-order valence-electron chi connectivity index (χ3n) is 3.18. The zero-order chi connectivity index (χ0) is 14.9. The molecule has 6 heteroatoms. The van der Waals surface area contributed by atoms with Gasteiger partial charge in [0, 0.05) is 9.75 Å². The van der Waals surface area contributed by atoms with Crippen molar-refractivity contribution >= 4 is 11.3 Å². The van der Waals surface area contributed by atoms with Gasteiger partial charge in [-0.2, -0.15) is 13.2 Å². The van der Waals surface area contributed by atoms with E-state index in [1.165, 1.54) is 17.4 Å². The molecule has 0 fully saturated rings. The Bertz CT molecular complexity index is 585. The summed E-state index contributed by atoms with van der Waals surface area (Å²) in [4.78, 5) is 2.04. The highest BCUT2D eigenvalue weighted by atomic mass is 32.1. The maximum atomic E-state index is 12.8. The molecule has 0 saturated carbocycles. The maximum Gasteiger partial charge on any atom is 0.416 e. The quantitative estimate of drug-likeness (QED) is 0.665. The van der Waals surface area contributed by atoms with Gasteiger partial charge in [0.2, 0.25) is 0 Å². The van der Waals surface area contributed by atoms with Gasteiger partial charge in [-0.25, -0.2) is 5.43 Å². The highest BCUT2D eigenvalue weighted by Gasteiger charge is 2.31. The van der Waals surface area contributed by atoms with Crippen LogP contribution in [-0.2, 0) is 6.18 Å². The number of hydrogen-bond acceptors (Lipinski definition) is 3. The lowest BCUT2D eigenvalue weighted by Gasteiger charge is -2.16. The van der Waals surface area contributed by atoms with Crippen molar-refractivity contribution in [1.29, 1.82) is 0 Å². The van der Waals surface area contributed by atoms with Crippen LogP contribution in [0.15, 0.2) is 30.3 Å². The van der Waals surface area contributed by atoms with Gasteiger partial charge in [0.05, 0.1) is 11.6 Å². The van der Waals surface area contributed by atoms with E-state index in [0.29, 0.717) is 5.56 Å². The number of aryl methyl sites for hydroxylation is 2. The zero-order valence-electron chi connectivity index (χ0n) is 11.1. The molecule has 1 atom stereocenters. The van der Waals surface area contributed by atoms with Crippen LogP contribution in [-0.4, -0.2) is 0 Å². The number of rotatable bonds is 3. The molecule has 0 spiro atoms. The smallest absolute Gasteiger partial charge is 0.271 e. The average molecular weight is 300 g/mol. The van der Waals surface area contributed by atoms with E-state index in [1.807, 2.05) is 19.9 Å². The molecular formula is C14H15F3N2S. The molecule has 0 aliphatic rings. The summed E-state index contributed by atoms with van der Waals surface area (Å²) < 4.78 is 38.3. The Hall–Kier alpha value is -1.37. The Morgan fingerprint density at radius 2 is 1.90 bits per heavy atom. The molecule has 0 aliphatic carbocycles. The van der Waals surface area contributed by atoms with Crippen molar-refractivity contribution in [3.05, 3.63) is 56.8 Å². The number of alkyl halides is 3. The summed E-state index contributed by atoms with van der Waals surface area (Å²) in [6.45, 7) is 3.94. The summed E-state index contributed by atoms with van der Waals surface area (Å²) in [5.41, 5.74) is 3.54. The van der Waals surface area contributed by atoms with Gasteiger partial charge in [-0.15, -0.1) is 11.3 Å². The van der Waals surface area contributed by atoms with Gasteiger partial charge in [0.25, 0.3) is 0 Å². The molecule has 2 nitrogen and oxygen atoms in total. The lowest BCUT2D eigenvalue weighted by molar-refractivity contribution is -0.137. The number of halogens is 3. The van der Waals surface area contributed by atoms with Crippen molar-refractivity contribution in [2.45, 2.75) is 26.1 Å². The van der Waals surface area contributed by atoms with Crippen LogP contribution in [0.5, 0.6) is 0 Å². The Labute approximate surface area is 119 Å². The Morgan fingerprint density at radius 1 is 1.20 bits per heavy atom. The number of thiophene rings is 1. The highest BCUT2D eigenvalue weighted by molar-refractivity contribution is 7.12. The van der Waals surface area contributed by atoms with E-state index in [2.05, 4.69) is 5.43 Å². The van der Waals surface area contributed by atoms with Crippen LogP contribution < -0.4 is 11.3 Å². The number of hydrogen-bond donors (Lipinski definition) is 2. The van der Waals surface area contributed by atoms with Crippen molar-refractivity contribution in [2.24, 2.45) is 5.84 Å². The summed E-state index contributed by atoms with van der Waals surface area (Å²) in [6, 6.07) is 6.75. The van der Waals surface area contributed by atoms with E-state index in [9.17, 15) is 13.2 Å². The van der Waals surface area contributed by atoms with E-state index in [4.69, 9.17) is 5.84 Å². The molecule has 0 amide bonds. The molecule has 1 heterocycles. The molecule has 0 saturated heterocycles. The third-order valence-corrected chi connectivity index (χ3v) is 4.40. The molecule has 0 bridgehead atoms. The number of nitrogens with one attached hydrogen (secondary N) is 1. The second-order valence-electron chi connectivity index (χ2n) is 4.61. The van der Waals surface area contributed by atoms with E-state index in [1.54, 1.807) is 6.07 Å². The van der Waals surface area contributed by atoms with Crippen LogP contribution in [0.2, 0.25) is 0 Å². The van der Waals surface area contributed by atoms with Crippen molar-refractivity contribution in [2.75, 3.05) is 0 Å². The fraction of sp³-hybridized carbons (Fsp3) is 0.286. The van der Waals surface area contributed by atoms with Gasteiger partial charge < -0.3 is 0 Å². The normalized spacial score (nSPS) is 13.5. The fourth-order valence-electron chi connectivity index (χ4n) is 1.98. The minimum Gasteiger partial charge on any atom is -0.271 e. The van der Waals surface area contributed by atoms with E-state index < -0.39 is 17.8 Å². The molecule has 2 rings (SSSR count). The van der Waals surface area contributed by atoms with E-state index in [0.717, 1.165) is 27.5 Å². The average Bonchev–Trinajstić information content (AvgIpc) is 2.69. The highest BCUT2D eigenvalue weighted by Crippen LogP contribution is 2.34. The number of hydrazine groups is 1. The van der Waals surface area contributed by atoms with Gasteiger partial charge in [0.15, 0.2) is 0 Å². The first-order chi connectivity index (χ1) is 9.32. The minimum absolute atomic E-state index is 0.435. The summed E-state index contributed by atoms with van der Waals surface area (Å²) in [6.07, 6.45) is -4.35. The SMILES string of the molecule is Cc1cc(C(NN)c2cccc(C(F)(F)F)c2)sc1C. The van der Waals surface area contributed by atoms with Crippen LogP contribution in [0.25, 0.3) is 0 Å². The van der Waals surface area contributed by atoms with E-state index >= 15 is 0 Å². The monoisotopic (exact) mass is 300 g/mol. The zero-order valence-corrected chi connectivity index (χ0v) is 11.9. The van der Waals surface area contributed by atoms with Crippen molar-refractivity contribution in [3.8, 4) is 0 Å². The van der Waals surface area contributed by atoms with Crippen LogP contribution in [0.4, 0.5) is 13.2 Å². The first-order valence-electron chi connectivity index (χ1n) is 6.03.